The Hall–Kier alpha value is -0.860. The highest BCUT2D eigenvalue weighted by Gasteiger charge is 2.25. The number of aliphatic hydroxyl groups is 1. The molecule has 1 rings (SSSR count). The van der Waals surface area contributed by atoms with Crippen molar-refractivity contribution in [2.24, 2.45) is 10.4 Å². The number of aliphatic imine (C=N–C) groups is 1. The maximum absolute atomic E-state index is 9.37. The van der Waals surface area contributed by atoms with Crippen LogP contribution in [0.1, 0.15) is 51.7 Å². The first-order valence-electron chi connectivity index (χ1n) is 9.35. The van der Waals surface area contributed by atoms with Crippen molar-refractivity contribution in [3.8, 4) is 0 Å². The highest BCUT2D eigenvalue weighted by Crippen LogP contribution is 2.30. The topological polar surface area (TPSA) is 65.9 Å². The van der Waals surface area contributed by atoms with E-state index < -0.39 is 0 Å². The molecule has 0 aliphatic heterocycles. The molecule has 1 aromatic rings. The Morgan fingerprint density at radius 1 is 1.15 bits per heavy atom. The van der Waals surface area contributed by atoms with Crippen LogP contribution in [-0.4, -0.2) is 44.4 Å². The monoisotopic (exact) mass is 477 g/mol. The van der Waals surface area contributed by atoms with E-state index in [9.17, 15) is 5.11 Å². The fourth-order valence-electron chi connectivity index (χ4n) is 2.93. The molecule has 1 aromatic carbocycles. The molecule has 0 bridgehead atoms. The Labute approximate surface area is 176 Å². The number of rotatable bonds is 11. The molecule has 0 heterocycles. The summed E-state index contributed by atoms with van der Waals surface area (Å²) in [7, 11) is 1.73. The molecule has 6 heteroatoms. The quantitative estimate of drug-likeness (QED) is 0.258. The predicted molar refractivity (Wildman–Crippen MR) is 120 cm³/mol. The van der Waals surface area contributed by atoms with Crippen LogP contribution in [0.4, 0.5) is 0 Å². The van der Waals surface area contributed by atoms with Crippen molar-refractivity contribution in [1.29, 1.82) is 0 Å². The number of nitrogens with one attached hydrogen (secondary N) is 2. The fraction of sp³-hybridized carbons (Fsp3) is 0.650. The maximum Gasteiger partial charge on any atom is 0.191 e. The highest BCUT2D eigenvalue weighted by molar-refractivity contribution is 14.0. The molecular formula is C20H36IN3O2. The van der Waals surface area contributed by atoms with Crippen molar-refractivity contribution >= 4 is 29.9 Å². The molecule has 0 amide bonds. The molecule has 1 atom stereocenters. The molecule has 0 aliphatic carbocycles. The van der Waals surface area contributed by atoms with Crippen molar-refractivity contribution in [3.63, 3.8) is 0 Å². The Morgan fingerprint density at radius 2 is 1.81 bits per heavy atom. The van der Waals surface area contributed by atoms with Crippen molar-refractivity contribution in [2.75, 3.05) is 33.4 Å². The minimum absolute atomic E-state index is 0. The summed E-state index contributed by atoms with van der Waals surface area (Å²) in [5.74, 6) is 0.796. The Kier molecular flexibility index (Phi) is 13.8. The molecule has 0 fully saturated rings. The lowest BCUT2D eigenvalue weighted by Gasteiger charge is -2.29. The normalized spacial score (nSPS) is 13.0. The number of methoxy groups -OCH3 is 1. The van der Waals surface area contributed by atoms with E-state index >= 15 is 0 Å². The van der Waals surface area contributed by atoms with E-state index in [0.29, 0.717) is 13.1 Å². The van der Waals surface area contributed by atoms with Gasteiger partial charge < -0.3 is 20.5 Å². The van der Waals surface area contributed by atoms with Gasteiger partial charge in [0.15, 0.2) is 5.96 Å². The molecule has 1 unspecified atom stereocenters. The van der Waals surface area contributed by atoms with E-state index in [4.69, 9.17) is 9.73 Å². The third-order valence-corrected chi connectivity index (χ3v) is 4.97. The van der Waals surface area contributed by atoms with Crippen LogP contribution in [0.5, 0.6) is 0 Å². The van der Waals surface area contributed by atoms with Crippen molar-refractivity contribution in [2.45, 2.75) is 46.1 Å². The van der Waals surface area contributed by atoms with Crippen LogP contribution in [-0.2, 0) is 4.74 Å². The zero-order chi connectivity index (χ0) is 18.5. The molecule has 0 spiro atoms. The van der Waals surface area contributed by atoms with Gasteiger partial charge in [-0.1, -0.05) is 44.2 Å². The van der Waals surface area contributed by atoms with Crippen LogP contribution in [0.15, 0.2) is 35.3 Å². The molecule has 26 heavy (non-hydrogen) atoms. The van der Waals surface area contributed by atoms with E-state index in [0.717, 1.165) is 37.3 Å². The van der Waals surface area contributed by atoms with Gasteiger partial charge in [-0.15, -0.1) is 24.0 Å². The van der Waals surface area contributed by atoms with Crippen LogP contribution in [0.2, 0.25) is 0 Å². The van der Waals surface area contributed by atoms with Crippen LogP contribution in [0.3, 0.4) is 0 Å². The highest BCUT2D eigenvalue weighted by atomic mass is 127. The summed E-state index contributed by atoms with van der Waals surface area (Å²) in [6.07, 6.45) is 2.78. The fourth-order valence-corrected chi connectivity index (χ4v) is 2.93. The van der Waals surface area contributed by atoms with Gasteiger partial charge in [0.25, 0.3) is 0 Å². The van der Waals surface area contributed by atoms with Crippen molar-refractivity contribution in [1.82, 2.24) is 10.6 Å². The van der Waals surface area contributed by atoms with E-state index in [1.807, 2.05) is 18.2 Å². The largest absolute Gasteiger partial charge is 0.396 e. The SMILES string of the molecule is CCNC(=NCC(CC)(CC)CCO)NCC(OC)c1ccccc1.I. The lowest BCUT2D eigenvalue weighted by Crippen LogP contribution is -2.40. The number of benzene rings is 1. The summed E-state index contributed by atoms with van der Waals surface area (Å²) in [6, 6.07) is 10.2. The predicted octanol–water partition coefficient (Wildman–Crippen LogP) is 3.74. The first kappa shape index (κ1) is 25.1. The van der Waals surface area contributed by atoms with Gasteiger partial charge in [-0.2, -0.15) is 0 Å². The first-order chi connectivity index (χ1) is 12.1. The van der Waals surface area contributed by atoms with Gasteiger partial charge in [-0.3, -0.25) is 4.99 Å². The first-order valence-corrected chi connectivity index (χ1v) is 9.35. The smallest absolute Gasteiger partial charge is 0.191 e. The second-order valence-electron chi connectivity index (χ2n) is 6.39. The minimum Gasteiger partial charge on any atom is -0.396 e. The number of hydrogen-bond donors (Lipinski definition) is 3. The number of aliphatic hydroxyl groups excluding tert-OH is 1. The molecule has 0 saturated heterocycles. The van der Waals surface area contributed by atoms with Gasteiger partial charge in [0.1, 0.15) is 0 Å². The summed E-state index contributed by atoms with van der Waals surface area (Å²) >= 11 is 0. The Bertz CT molecular complexity index is 493. The number of guanidine groups is 1. The maximum atomic E-state index is 9.37. The lowest BCUT2D eigenvalue weighted by atomic mass is 9.79. The van der Waals surface area contributed by atoms with E-state index in [1.165, 1.54) is 0 Å². The van der Waals surface area contributed by atoms with Crippen molar-refractivity contribution in [3.05, 3.63) is 35.9 Å². The summed E-state index contributed by atoms with van der Waals surface area (Å²) < 4.78 is 5.61. The van der Waals surface area contributed by atoms with E-state index in [-0.39, 0.29) is 42.1 Å². The Balaban J connectivity index is 0.00000625. The molecule has 0 radical (unpaired) electrons. The standard InChI is InChI=1S/C20H35N3O2.HI/c1-5-20(6-2,13-14-24)16-23-19(21-7-3)22-15-18(25-4)17-11-9-8-10-12-17;/h8-12,18,24H,5-7,13-16H2,1-4H3,(H2,21,22,23);1H. The molecule has 0 aromatic heterocycles. The summed E-state index contributed by atoms with van der Waals surface area (Å²) in [5, 5.41) is 16.1. The van der Waals surface area contributed by atoms with Gasteiger partial charge >= 0.3 is 0 Å². The average molecular weight is 477 g/mol. The second-order valence-corrected chi connectivity index (χ2v) is 6.39. The van der Waals surface area contributed by atoms with Crippen LogP contribution in [0.25, 0.3) is 0 Å². The molecule has 150 valence electrons. The third kappa shape index (κ3) is 8.22. The second kappa shape index (κ2) is 14.2. The molecular weight excluding hydrogens is 441 g/mol. The number of nitrogens with zero attached hydrogens (tertiary/aromatic N) is 1. The molecule has 5 nitrogen and oxygen atoms in total. The van der Waals surface area contributed by atoms with Gasteiger partial charge in [0, 0.05) is 33.4 Å². The number of hydrogen-bond acceptors (Lipinski definition) is 3. The average Bonchev–Trinajstić information content (AvgIpc) is 2.66. The lowest BCUT2D eigenvalue weighted by molar-refractivity contribution is 0.106. The minimum atomic E-state index is -0.0235. The molecule has 3 N–H and O–H groups in total. The van der Waals surface area contributed by atoms with Crippen LogP contribution in [0, 0.1) is 5.41 Å². The van der Waals surface area contributed by atoms with Gasteiger partial charge in [-0.25, -0.2) is 0 Å². The third-order valence-electron chi connectivity index (χ3n) is 4.97. The zero-order valence-corrected chi connectivity index (χ0v) is 19.0. The molecule has 0 aliphatic rings. The summed E-state index contributed by atoms with van der Waals surface area (Å²) in [5.41, 5.74) is 1.21. The van der Waals surface area contributed by atoms with E-state index in [2.05, 4.69) is 43.5 Å². The van der Waals surface area contributed by atoms with Gasteiger partial charge in [0.05, 0.1) is 6.10 Å². The van der Waals surface area contributed by atoms with Gasteiger partial charge in [0.2, 0.25) is 0 Å². The van der Waals surface area contributed by atoms with E-state index in [1.54, 1.807) is 7.11 Å². The van der Waals surface area contributed by atoms with Crippen LogP contribution < -0.4 is 10.6 Å². The molecule has 0 saturated carbocycles. The Morgan fingerprint density at radius 3 is 2.31 bits per heavy atom. The van der Waals surface area contributed by atoms with Crippen molar-refractivity contribution < 1.29 is 9.84 Å². The summed E-state index contributed by atoms with van der Waals surface area (Å²) in [4.78, 5) is 4.77. The van der Waals surface area contributed by atoms with Gasteiger partial charge in [-0.05, 0) is 37.2 Å². The van der Waals surface area contributed by atoms with Crippen LogP contribution >= 0.6 is 24.0 Å². The zero-order valence-electron chi connectivity index (χ0n) is 16.6. The number of halogens is 1. The summed E-state index contributed by atoms with van der Waals surface area (Å²) in [6.45, 7) is 8.77. The number of ether oxygens (including phenoxy) is 1.